The van der Waals surface area contributed by atoms with Crippen LogP contribution in [0.3, 0.4) is 0 Å². The molecule has 0 radical (unpaired) electrons. The molecule has 0 spiro atoms. The van der Waals surface area contributed by atoms with E-state index in [4.69, 9.17) is 21.1 Å². The van der Waals surface area contributed by atoms with Crippen molar-refractivity contribution in [2.75, 3.05) is 50.2 Å². The lowest BCUT2D eigenvalue weighted by molar-refractivity contribution is 0.0715. The third-order valence-electron chi connectivity index (χ3n) is 5.85. The standard InChI is InChI=1S/C25H33BrClNO4S/c1-25(2,19-5-8-24(23(26)13-19)32-16-20(29)14-27)18-3-6-22(7-4-18)31-17-21(30)15-28-9-11-33-12-10-28/h3-8,13,20-21,29-30H,9-12,14-17H2,1-2H3/t20-,21-/m0/s1. The molecule has 0 amide bonds. The zero-order valence-electron chi connectivity index (χ0n) is 19.2. The van der Waals surface area contributed by atoms with Gasteiger partial charge in [0, 0.05) is 36.6 Å². The van der Waals surface area contributed by atoms with Gasteiger partial charge in [0.1, 0.15) is 36.9 Å². The predicted octanol–water partition coefficient (Wildman–Crippen LogP) is 4.54. The fourth-order valence-corrected chi connectivity index (χ4v) is 5.26. The fourth-order valence-electron chi connectivity index (χ4n) is 3.70. The van der Waals surface area contributed by atoms with Gasteiger partial charge in [-0.25, -0.2) is 0 Å². The van der Waals surface area contributed by atoms with Gasteiger partial charge >= 0.3 is 0 Å². The molecule has 8 heteroatoms. The minimum absolute atomic E-state index is 0.138. The molecule has 0 bridgehead atoms. The Labute approximate surface area is 214 Å². The highest BCUT2D eigenvalue weighted by Crippen LogP contribution is 2.36. The number of aliphatic hydroxyl groups is 2. The first kappa shape index (κ1) is 26.6. The average Bonchev–Trinajstić information content (AvgIpc) is 2.82. The molecule has 2 aromatic carbocycles. The number of ether oxygens (including phenoxy) is 2. The third kappa shape index (κ3) is 7.77. The molecule has 2 N–H and O–H groups in total. The Morgan fingerprint density at radius 2 is 1.64 bits per heavy atom. The van der Waals surface area contributed by atoms with E-state index in [1.807, 2.05) is 42.1 Å². The van der Waals surface area contributed by atoms with Crippen LogP contribution in [0.5, 0.6) is 11.5 Å². The molecular formula is C25H33BrClNO4S. The number of hydrogen-bond donors (Lipinski definition) is 2. The zero-order valence-corrected chi connectivity index (χ0v) is 22.3. The van der Waals surface area contributed by atoms with Crippen molar-refractivity contribution in [2.24, 2.45) is 0 Å². The average molecular weight is 559 g/mol. The van der Waals surface area contributed by atoms with Gasteiger partial charge in [-0.15, -0.1) is 11.6 Å². The van der Waals surface area contributed by atoms with Crippen molar-refractivity contribution in [3.8, 4) is 11.5 Å². The van der Waals surface area contributed by atoms with E-state index in [-0.39, 0.29) is 17.9 Å². The van der Waals surface area contributed by atoms with Crippen LogP contribution < -0.4 is 9.47 Å². The summed E-state index contributed by atoms with van der Waals surface area (Å²) in [5, 5.41) is 19.9. The molecule has 182 valence electrons. The summed E-state index contributed by atoms with van der Waals surface area (Å²) in [7, 11) is 0. The van der Waals surface area contributed by atoms with E-state index in [9.17, 15) is 10.2 Å². The van der Waals surface area contributed by atoms with Crippen LogP contribution in [0.4, 0.5) is 0 Å². The van der Waals surface area contributed by atoms with Crippen LogP contribution in [0.25, 0.3) is 0 Å². The Balaban J connectivity index is 1.57. The van der Waals surface area contributed by atoms with Crippen LogP contribution in [0.1, 0.15) is 25.0 Å². The number of rotatable bonds is 11. The Kier molecular flexibility index (Phi) is 10.2. The molecule has 2 aromatic rings. The minimum Gasteiger partial charge on any atom is -0.491 e. The molecule has 1 aliphatic heterocycles. The van der Waals surface area contributed by atoms with Gasteiger partial charge in [-0.1, -0.05) is 32.0 Å². The highest BCUT2D eigenvalue weighted by atomic mass is 79.9. The molecule has 0 aromatic heterocycles. The number of nitrogens with zero attached hydrogens (tertiary/aromatic N) is 1. The first-order chi connectivity index (χ1) is 15.8. The molecule has 1 aliphatic rings. The number of benzene rings is 2. The molecule has 1 saturated heterocycles. The van der Waals surface area contributed by atoms with Crippen LogP contribution >= 0.6 is 39.3 Å². The van der Waals surface area contributed by atoms with Gasteiger partial charge in [0.2, 0.25) is 0 Å². The Bertz CT molecular complexity index is 877. The van der Waals surface area contributed by atoms with E-state index < -0.39 is 12.2 Å². The number of thioether (sulfide) groups is 1. The molecule has 3 rings (SSSR count). The molecule has 0 unspecified atom stereocenters. The zero-order chi connectivity index (χ0) is 23.8. The van der Waals surface area contributed by atoms with Crippen LogP contribution in [-0.4, -0.2) is 77.6 Å². The molecule has 0 saturated carbocycles. The van der Waals surface area contributed by atoms with E-state index in [1.54, 1.807) is 0 Å². The minimum atomic E-state index is -0.694. The molecule has 5 nitrogen and oxygen atoms in total. The van der Waals surface area contributed by atoms with Gasteiger partial charge in [0.15, 0.2) is 0 Å². The second-order valence-electron chi connectivity index (χ2n) is 8.79. The highest BCUT2D eigenvalue weighted by molar-refractivity contribution is 9.10. The number of aliphatic hydroxyl groups excluding tert-OH is 2. The molecule has 2 atom stereocenters. The number of hydrogen-bond acceptors (Lipinski definition) is 6. The second kappa shape index (κ2) is 12.7. The van der Waals surface area contributed by atoms with Gasteiger partial charge in [-0.3, -0.25) is 4.90 Å². The lowest BCUT2D eigenvalue weighted by Crippen LogP contribution is -2.40. The van der Waals surface area contributed by atoms with Crippen LogP contribution in [-0.2, 0) is 5.41 Å². The van der Waals surface area contributed by atoms with Crippen molar-refractivity contribution < 1.29 is 19.7 Å². The summed E-state index contributed by atoms with van der Waals surface area (Å²) in [6.07, 6.45) is -1.19. The third-order valence-corrected chi connectivity index (χ3v) is 7.77. The van der Waals surface area contributed by atoms with E-state index in [2.05, 4.69) is 46.8 Å². The van der Waals surface area contributed by atoms with Crippen molar-refractivity contribution in [3.63, 3.8) is 0 Å². The van der Waals surface area contributed by atoms with E-state index in [0.29, 0.717) is 18.9 Å². The molecule has 1 heterocycles. The lowest BCUT2D eigenvalue weighted by atomic mass is 9.78. The monoisotopic (exact) mass is 557 g/mol. The van der Waals surface area contributed by atoms with Gasteiger partial charge in [-0.05, 0) is 51.3 Å². The molecule has 0 aliphatic carbocycles. The maximum absolute atomic E-state index is 10.3. The van der Waals surface area contributed by atoms with Crippen molar-refractivity contribution in [2.45, 2.75) is 31.5 Å². The highest BCUT2D eigenvalue weighted by Gasteiger charge is 2.24. The van der Waals surface area contributed by atoms with Crippen LogP contribution in [0, 0.1) is 0 Å². The smallest absolute Gasteiger partial charge is 0.133 e. The summed E-state index contributed by atoms with van der Waals surface area (Å²) in [4.78, 5) is 2.30. The van der Waals surface area contributed by atoms with Crippen molar-refractivity contribution in [1.29, 1.82) is 0 Å². The van der Waals surface area contributed by atoms with E-state index in [1.165, 1.54) is 0 Å². The van der Waals surface area contributed by atoms with Crippen molar-refractivity contribution in [1.82, 2.24) is 4.90 Å². The summed E-state index contributed by atoms with van der Waals surface area (Å²) in [6, 6.07) is 14.0. The summed E-state index contributed by atoms with van der Waals surface area (Å²) in [5.74, 6) is 3.83. The topological polar surface area (TPSA) is 62.2 Å². The molecule has 1 fully saturated rings. The maximum atomic E-state index is 10.3. The Morgan fingerprint density at radius 1 is 1.00 bits per heavy atom. The number of alkyl halides is 1. The maximum Gasteiger partial charge on any atom is 0.133 e. The predicted molar refractivity (Wildman–Crippen MR) is 140 cm³/mol. The van der Waals surface area contributed by atoms with Crippen molar-refractivity contribution >= 4 is 39.3 Å². The molecular weight excluding hydrogens is 526 g/mol. The fraction of sp³-hybridized carbons (Fsp3) is 0.520. The lowest BCUT2D eigenvalue weighted by Gasteiger charge is -2.28. The van der Waals surface area contributed by atoms with Crippen molar-refractivity contribution in [3.05, 3.63) is 58.1 Å². The Hall–Kier alpha value is -0.960. The Morgan fingerprint density at radius 3 is 2.27 bits per heavy atom. The quantitative estimate of drug-likeness (QED) is 0.395. The first-order valence-electron chi connectivity index (χ1n) is 11.2. The van der Waals surface area contributed by atoms with E-state index >= 15 is 0 Å². The summed E-state index contributed by atoms with van der Waals surface area (Å²) < 4.78 is 12.3. The van der Waals surface area contributed by atoms with Gasteiger partial charge in [-0.2, -0.15) is 11.8 Å². The van der Waals surface area contributed by atoms with Gasteiger partial charge in [0.05, 0.1) is 10.4 Å². The van der Waals surface area contributed by atoms with Crippen LogP contribution in [0.2, 0.25) is 0 Å². The number of halogens is 2. The van der Waals surface area contributed by atoms with Crippen LogP contribution in [0.15, 0.2) is 46.9 Å². The second-order valence-corrected chi connectivity index (χ2v) is 11.2. The summed E-state index contributed by atoms with van der Waals surface area (Å²) in [5.41, 5.74) is 2.05. The normalized spacial score (nSPS) is 16.9. The SMILES string of the molecule is CC(C)(c1ccc(OC[C@@H](O)CN2CCSCC2)cc1)c1ccc(OC[C@@H](O)CCl)c(Br)c1. The summed E-state index contributed by atoms with van der Waals surface area (Å²) >= 11 is 11.2. The number of β-amino-alcohol motifs (C(OH)–C–C–N with tert-alkyl or cyclic N) is 1. The van der Waals surface area contributed by atoms with Gasteiger partial charge < -0.3 is 19.7 Å². The summed E-state index contributed by atoms with van der Waals surface area (Å²) in [6.45, 7) is 7.50. The largest absolute Gasteiger partial charge is 0.491 e. The van der Waals surface area contributed by atoms with Gasteiger partial charge in [0.25, 0.3) is 0 Å². The molecule has 33 heavy (non-hydrogen) atoms. The first-order valence-corrected chi connectivity index (χ1v) is 13.7. The van der Waals surface area contributed by atoms with E-state index in [0.717, 1.165) is 45.9 Å².